The quantitative estimate of drug-likeness (QED) is 0.757. The highest BCUT2D eigenvalue weighted by atomic mass is 16.7. The molecule has 124 valence electrons. The van der Waals surface area contributed by atoms with E-state index in [1.165, 1.54) is 32.1 Å². The van der Waals surface area contributed by atoms with Gasteiger partial charge in [0.2, 0.25) is 0 Å². The molecule has 5 saturated carbocycles. The summed E-state index contributed by atoms with van der Waals surface area (Å²) in [6.07, 6.45) is 8.31. The zero-order valence-corrected chi connectivity index (χ0v) is 14.7. The van der Waals surface area contributed by atoms with E-state index in [2.05, 4.69) is 27.7 Å². The first-order valence-electron chi connectivity index (χ1n) is 9.77. The Labute approximate surface area is 135 Å². The molecule has 0 radical (unpaired) electrons. The average Bonchev–Trinajstić information content (AvgIpc) is 2.96. The minimum absolute atomic E-state index is 0.00343. The van der Waals surface area contributed by atoms with Crippen LogP contribution in [0.1, 0.15) is 66.2 Å². The standard InChI is InChI=1S/C20H32O2/c1-5-12-10-19(2,3)21-18(12)22-20(4)15-9-13-6-11-7-14(15)17(13)16(20)8-11/h11-18H,5-10H2,1-4H3. The van der Waals surface area contributed by atoms with Gasteiger partial charge in [0.15, 0.2) is 6.29 Å². The summed E-state index contributed by atoms with van der Waals surface area (Å²) in [5.41, 5.74) is 0.107. The molecule has 0 amide bonds. The van der Waals surface area contributed by atoms with Gasteiger partial charge in [-0.2, -0.15) is 0 Å². The van der Waals surface area contributed by atoms with Crippen LogP contribution in [0.3, 0.4) is 0 Å². The van der Waals surface area contributed by atoms with E-state index in [-0.39, 0.29) is 17.5 Å². The maximum absolute atomic E-state index is 6.89. The molecule has 5 aliphatic carbocycles. The largest absolute Gasteiger partial charge is 0.346 e. The summed E-state index contributed by atoms with van der Waals surface area (Å²) in [5.74, 6) is 6.29. The Balaban J connectivity index is 1.42. The molecule has 2 nitrogen and oxygen atoms in total. The normalized spacial score (nSPS) is 60.5. The van der Waals surface area contributed by atoms with Crippen LogP contribution in [0.4, 0.5) is 0 Å². The van der Waals surface area contributed by atoms with Crippen molar-refractivity contribution < 1.29 is 9.47 Å². The fourth-order valence-corrected chi connectivity index (χ4v) is 7.71. The highest BCUT2D eigenvalue weighted by Crippen LogP contribution is 2.73. The van der Waals surface area contributed by atoms with Gasteiger partial charge < -0.3 is 9.47 Å². The van der Waals surface area contributed by atoms with Gasteiger partial charge in [0, 0.05) is 5.92 Å². The second-order valence-corrected chi connectivity index (χ2v) is 9.94. The minimum Gasteiger partial charge on any atom is -0.346 e. The molecule has 9 atom stereocenters. The van der Waals surface area contributed by atoms with Gasteiger partial charge in [-0.25, -0.2) is 0 Å². The Kier molecular flexibility index (Phi) is 2.79. The lowest BCUT2D eigenvalue weighted by Crippen LogP contribution is -2.51. The highest BCUT2D eigenvalue weighted by Gasteiger charge is 2.70. The SMILES string of the molecule is CCC1CC(C)(C)OC1OC1(C)C2CC3CC4CC2C3C1C4. The molecule has 0 aromatic heterocycles. The van der Waals surface area contributed by atoms with Crippen LogP contribution in [0.15, 0.2) is 0 Å². The van der Waals surface area contributed by atoms with Crippen molar-refractivity contribution in [2.75, 3.05) is 0 Å². The summed E-state index contributed by atoms with van der Waals surface area (Å²) >= 11 is 0. The third-order valence-electron chi connectivity index (χ3n) is 8.35. The molecule has 6 bridgehead atoms. The van der Waals surface area contributed by atoms with Crippen LogP contribution in [0.25, 0.3) is 0 Å². The third kappa shape index (κ3) is 1.69. The molecule has 22 heavy (non-hydrogen) atoms. The molecule has 9 unspecified atom stereocenters. The summed E-state index contributed by atoms with van der Waals surface area (Å²) in [5, 5.41) is 0. The van der Waals surface area contributed by atoms with Crippen LogP contribution < -0.4 is 0 Å². The lowest BCUT2D eigenvalue weighted by Gasteiger charge is -2.51. The lowest BCUT2D eigenvalue weighted by atomic mass is 9.58. The molecule has 2 heteroatoms. The second kappa shape index (κ2) is 4.30. The van der Waals surface area contributed by atoms with E-state index in [4.69, 9.17) is 9.47 Å². The maximum atomic E-state index is 6.89. The molecule has 6 rings (SSSR count). The van der Waals surface area contributed by atoms with Crippen LogP contribution in [0.5, 0.6) is 0 Å². The van der Waals surface area contributed by atoms with Gasteiger partial charge in [-0.1, -0.05) is 6.92 Å². The van der Waals surface area contributed by atoms with E-state index >= 15 is 0 Å². The van der Waals surface area contributed by atoms with E-state index < -0.39 is 0 Å². The molecule has 0 aromatic rings. The molecular weight excluding hydrogens is 272 g/mol. The molecule has 0 spiro atoms. The third-order valence-corrected chi connectivity index (χ3v) is 8.35. The van der Waals surface area contributed by atoms with E-state index in [9.17, 15) is 0 Å². The minimum atomic E-state index is -0.00343. The molecule has 6 aliphatic rings. The van der Waals surface area contributed by atoms with Gasteiger partial charge in [-0.3, -0.25) is 0 Å². The average molecular weight is 304 g/mol. The van der Waals surface area contributed by atoms with E-state index in [1.807, 2.05) is 0 Å². The summed E-state index contributed by atoms with van der Waals surface area (Å²) < 4.78 is 13.2. The molecular formula is C20H32O2. The number of hydrogen-bond donors (Lipinski definition) is 0. The van der Waals surface area contributed by atoms with Crippen molar-refractivity contribution in [1.29, 1.82) is 0 Å². The van der Waals surface area contributed by atoms with Crippen LogP contribution in [0, 0.1) is 41.4 Å². The number of rotatable bonds is 3. The van der Waals surface area contributed by atoms with Crippen LogP contribution in [-0.2, 0) is 9.47 Å². The topological polar surface area (TPSA) is 18.5 Å². The van der Waals surface area contributed by atoms with Crippen molar-refractivity contribution >= 4 is 0 Å². The number of ether oxygens (including phenoxy) is 2. The Hall–Kier alpha value is -0.0800. The zero-order chi connectivity index (χ0) is 15.3. The summed E-state index contributed by atoms with van der Waals surface area (Å²) in [4.78, 5) is 0. The maximum Gasteiger partial charge on any atom is 0.161 e. The molecule has 0 aromatic carbocycles. The fraction of sp³-hybridized carbons (Fsp3) is 1.00. The molecule has 6 fully saturated rings. The van der Waals surface area contributed by atoms with Crippen LogP contribution >= 0.6 is 0 Å². The lowest BCUT2D eigenvalue weighted by molar-refractivity contribution is -0.257. The van der Waals surface area contributed by atoms with E-state index in [0.29, 0.717) is 5.92 Å². The zero-order valence-electron chi connectivity index (χ0n) is 14.7. The first kappa shape index (κ1) is 14.3. The summed E-state index contributed by atoms with van der Waals surface area (Å²) in [6, 6.07) is 0. The van der Waals surface area contributed by atoms with Gasteiger partial charge in [0.1, 0.15) is 0 Å². The van der Waals surface area contributed by atoms with Crippen molar-refractivity contribution in [2.45, 2.75) is 83.7 Å². The molecule has 1 aliphatic heterocycles. The first-order chi connectivity index (χ1) is 10.4. The smallest absolute Gasteiger partial charge is 0.161 e. The van der Waals surface area contributed by atoms with Gasteiger partial charge >= 0.3 is 0 Å². The van der Waals surface area contributed by atoms with Gasteiger partial charge in [-0.15, -0.1) is 0 Å². The Morgan fingerprint density at radius 3 is 2.59 bits per heavy atom. The Bertz CT molecular complexity index is 480. The molecule has 1 heterocycles. The Morgan fingerprint density at radius 1 is 1.05 bits per heavy atom. The first-order valence-corrected chi connectivity index (χ1v) is 9.77. The van der Waals surface area contributed by atoms with Crippen molar-refractivity contribution in [3.05, 3.63) is 0 Å². The fourth-order valence-electron chi connectivity index (χ4n) is 7.71. The van der Waals surface area contributed by atoms with Gasteiger partial charge in [0.05, 0.1) is 11.2 Å². The molecule has 1 saturated heterocycles. The van der Waals surface area contributed by atoms with E-state index in [0.717, 1.165) is 41.9 Å². The second-order valence-electron chi connectivity index (χ2n) is 9.94. The van der Waals surface area contributed by atoms with Crippen molar-refractivity contribution in [1.82, 2.24) is 0 Å². The van der Waals surface area contributed by atoms with E-state index in [1.54, 1.807) is 0 Å². The summed E-state index contributed by atoms with van der Waals surface area (Å²) in [6.45, 7) is 9.22. The number of hydrogen-bond acceptors (Lipinski definition) is 2. The predicted octanol–water partition coefficient (Wildman–Crippen LogP) is 4.62. The van der Waals surface area contributed by atoms with Crippen LogP contribution in [0.2, 0.25) is 0 Å². The van der Waals surface area contributed by atoms with Crippen molar-refractivity contribution in [3.8, 4) is 0 Å². The van der Waals surface area contributed by atoms with Gasteiger partial charge in [-0.05, 0) is 94.8 Å². The van der Waals surface area contributed by atoms with Crippen molar-refractivity contribution in [2.24, 2.45) is 41.4 Å². The Morgan fingerprint density at radius 2 is 1.86 bits per heavy atom. The molecule has 0 N–H and O–H groups in total. The summed E-state index contributed by atoms with van der Waals surface area (Å²) in [7, 11) is 0. The van der Waals surface area contributed by atoms with Crippen LogP contribution in [-0.4, -0.2) is 17.5 Å². The van der Waals surface area contributed by atoms with Gasteiger partial charge in [0.25, 0.3) is 0 Å². The predicted molar refractivity (Wildman–Crippen MR) is 86.2 cm³/mol. The monoisotopic (exact) mass is 304 g/mol. The van der Waals surface area contributed by atoms with Crippen molar-refractivity contribution in [3.63, 3.8) is 0 Å². The highest BCUT2D eigenvalue weighted by molar-refractivity contribution is 5.19.